The van der Waals surface area contributed by atoms with E-state index in [-0.39, 0.29) is 11.9 Å². The van der Waals surface area contributed by atoms with Crippen LogP contribution in [0.1, 0.15) is 29.4 Å². The van der Waals surface area contributed by atoms with Crippen LogP contribution in [0.5, 0.6) is 0 Å². The molecule has 7 heteroatoms. The number of aromatic nitrogens is 2. The standard InChI is InChI=1S/C19H25BrN4O2/c1-14(6-7-23-8-10-26-11-9-23)22-19(25)18-13-21-24(15(18)2)17-5-3-4-16(20)12-17/h3-5,12-14H,6-11H2,1-2H3,(H,22,25). The van der Waals surface area contributed by atoms with Gasteiger partial charge in [0.25, 0.3) is 5.91 Å². The Morgan fingerprint density at radius 2 is 2.15 bits per heavy atom. The van der Waals surface area contributed by atoms with Gasteiger partial charge in [0.05, 0.1) is 36.4 Å². The second-order valence-electron chi connectivity index (χ2n) is 6.65. The van der Waals surface area contributed by atoms with Gasteiger partial charge in [-0.25, -0.2) is 4.68 Å². The van der Waals surface area contributed by atoms with E-state index in [1.165, 1.54) is 0 Å². The van der Waals surface area contributed by atoms with Crippen molar-refractivity contribution in [3.05, 3.63) is 46.2 Å². The monoisotopic (exact) mass is 420 g/mol. The first-order chi connectivity index (χ1) is 12.5. The maximum absolute atomic E-state index is 12.6. The van der Waals surface area contributed by atoms with Crippen LogP contribution in [0.3, 0.4) is 0 Å². The first-order valence-electron chi connectivity index (χ1n) is 8.96. The molecule has 1 aliphatic heterocycles. The largest absolute Gasteiger partial charge is 0.379 e. The fraction of sp³-hybridized carbons (Fsp3) is 0.474. The number of rotatable bonds is 6. The molecule has 1 fully saturated rings. The molecule has 2 heterocycles. The molecule has 1 aromatic heterocycles. The molecule has 0 radical (unpaired) electrons. The molecule has 1 atom stereocenters. The van der Waals surface area contributed by atoms with Gasteiger partial charge in [0.15, 0.2) is 0 Å². The lowest BCUT2D eigenvalue weighted by Gasteiger charge is -2.27. The van der Waals surface area contributed by atoms with E-state index >= 15 is 0 Å². The first-order valence-corrected chi connectivity index (χ1v) is 9.75. The minimum absolute atomic E-state index is 0.0711. The van der Waals surface area contributed by atoms with Gasteiger partial charge in [0, 0.05) is 30.1 Å². The van der Waals surface area contributed by atoms with E-state index in [0.717, 1.165) is 55.1 Å². The molecule has 0 aliphatic carbocycles. The number of hydrogen-bond donors (Lipinski definition) is 1. The van der Waals surface area contributed by atoms with Crippen LogP contribution in [0.25, 0.3) is 5.69 Å². The van der Waals surface area contributed by atoms with Crippen molar-refractivity contribution in [3.63, 3.8) is 0 Å². The van der Waals surface area contributed by atoms with Crippen LogP contribution in [0.4, 0.5) is 0 Å². The Hall–Kier alpha value is -1.70. The molecule has 1 N–H and O–H groups in total. The van der Waals surface area contributed by atoms with Gasteiger partial charge >= 0.3 is 0 Å². The van der Waals surface area contributed by atoms with Gasteiger partial charge in [0.1, 0.15) is 0 Å². The smallest absolute Gasteiger partial charge is 0.254 e. The highest BCUT2D eigenvalue weighted by molar-refractivity contribution is 9.10. The van der Waals surface area contributed by atoms with Gasteiger partial charge in [-0.1, -0.05) is 22.0 Å². The molecule has 26 heavy (non-hydrogen) atoms. The molecule has 1 aliphatic rings. The SMILES string of the molecule is Cc1c(C(=O)NC(C)CCN2CCOCC2)cnn1-c1cccc(Br)c1. The van der Waals surface area contributed by atoms with Crippen molar-refractivity contribution < 1.29 is 9.53 Å². The Morgan fingerprint density at radius 1 is 1.38 bits per heavy atom. The van der Waals surface area contributed by atoms with E-state index in [1.54, 1.807) is 10.9 Å². The molecule has 2 aromatic rings. The molecule has 1 aromatic carbocycles. The molecule has 1 saturated heterocycles. The highest BCUT2D eigenvalue weighted by atomic mass is 79.9. The Morgan fingerprint density at radius 3 is 2.88 bits per heavy atom. The van der Waals surface area contributed by atoms with Crippen LogP contribution in [0.15, 0.2) is 34.9 Å². The second-order valence-corrected chi connectivity index (χ2v) is 7.57. The maximum atomic E-state index is 12.6. The van der Waals surface area contributed by atoms with Gasteiger partial charge < -0.3 is 10.1 Å². The Labute approximate surface area is 162 Å². The van der Waals surface area contributed by atoms with E-state index in [1.807, 2.05) is 38.1 Å². The van der Waals surface area contributed by atoms with Gasteiger partial charge in [-0.15, -0.1) is 0 Å². The van der Waals surface area contributed by atoms with E-state index in [4.69, 9.17) is 4.74 Å². The van der Waals surface area contributed by atoms with Gasteiger partial charge in [-0.3, -0.25) is 9.69 Å². The molecular formula is C19H25BrN4O2. The molecule has 1 amide bonds. The topological polar surface area (TPSA) is 59.4 Å². The average molecular weight is 421 g/mol. The Balaban J connectivity index is 1.59. The van der Waals surface area contributed by atoms with Gasteiger partial charge in [0.2, 0.25) is 0 Å². The summed E-state index contributed by atoms with van der Waals surface area (Å²) in [4.78, 5) is 15.0. The second kappa shape index (κ2) is 8.79. The molecular weight excluding hydrogens is 396 g/mol. The lowest BCUT2D eigenvalue weighted by Crippen LogP contribution is -2.40. The third-order valence-electron chi connectivity index (χ3n) is 4.67. The number of carbonyl (C=O) groups is 1. The predicted molar refractivity (Wildman–Crippen MR) is 105 cm³/mol. The molecule has 0 saturated carbocycles. The molecule has 140 valence electrons. The van der Waals surface area contributed by atoms with Crippen LogP contribution >= 0.6 is 15.9 Å². The van der Waals surface area contributed by atoms with Crippen molar-refractivity contribution >= 4 is 21.8 Å². The van der Waals surface area contributed by atoms with E-state index < -0.39 is 0 Å². The summed E-state index contributed by atoms with van der Waals surface area (Å²) >= 11 is 3.47. The van der Waals surface area contributed by atoms with Crippen molar-refractivity contribution in [2.24, 2.45) is 0 Å². The predicted octanol–water partition coefficient (Wildman–Crippen LogP) is 2.78. The summed E-state index contributed by atoms with van der Waals surface area (Å²) in [6, 6.07) is 7.98. The van der Waals surface area contributed by atoms with Gasteiger partial charge in [-0.05, 0) is 38.5 Å². The number of carbonyl (C=O) groups excluding carboxylic acids is 1. The lowest BCUT2D eigenvalue weighted by molar-refractivity contribution is 0.0363. The summed E-state index contributed by atoms with van der Waals surface area (Å²) in [7, 11) is 0. The zero-order valence-corrected chi connectivity index (χ0v) is 16.8. The van der Waals surface area contributed by atoms with Crippen LogP contribution in [-0.4, -0.2) is 59.5 Å². The summed E-state index contributed by atoms with van der Waals surface area (Å²) in [6.45, 7) is 8.48. The quantitative estimate of drug-likeness (QED) is 0.780. The lowest BCUT2D eigenvalue weighted by atomic mass is 10.2. The first kappa shape index (κ1) is 19.1. The molecule has 1 unspecified atom stereocenters. The fourth-order valence-electron chi connectivity index (χ4n) is 3.08. The highest BCUT2D eigenvalue weighted by Crippen LogP contribution is 2.18. The number of nitrogens with one attached hydrogen (secondary N) is 1. The van der Waals surface area contributed by atoms with Crippen LogP contribution in [-0.2, 0) is 4.74 Å². The van der Waals surface area contributed by atoms with Crippen molar-refractivity contribution in [1.82, 2.24) is 20.0 Å². The number of amides is 1. The van der Waals surface area contributed by atoms with E-state index in [9.17, 15) is 4.79 Å². The summed E-state index contributed by atoms with van der Waals surface area (Å²) in [5.74, 6) is -0.0711. The van der Waals surface area contributed by atoms with Crippen LogP contribution < -0.4 is 5.32 Å². The molecule has 6 nitrogen and oxygen atoms in total. The van der Waals surface area contributed by atoms with Crippen molar-refractivity contribution in [1.29, 1.82) is 0 Å². The van der Waals surface area contributed by atoms with E-state index in [0.29, 0.717) is 5.56 Å². The van der Waals surface area contributed by atoms with Crippen LogP contribution in [0, 0.1) is 6.92 Å². The summed E-state index contributed by atoms with van der Waals surface area (Å²) in [5.41, 5.74) is 2.38. The summed E-state index contributed by atoms with van der Waals surface area (Å²) in [6.07, 6.45) is 2.56. The molecule has 0 bridgehead atoms. The maximum Gasteiger partial charge on any atom is 0.254 e. The van der Waals surface area contributed by atoms with E-state index in [2.05, 4.69) is 31.2 Å². The number of nitrogens with zero attached hydrogens (tertiary/aromatic N) is 3. The number of ether oxygens (including phenoxy) is 1. The van der Waals surface area contributed by atoms with Crippen molar-refractivity contribution in [2.75, 3.05) is 32.8 Å². The summed E-state index contributed by atoms with van der Waals surface area (Å²) < 4.78 is 8.13. The number of hydrogen-bond acceptors (Lipinski definition) is 4. The van der Waals surface area contributed by atoms with Crippen molar-refractivity contribution in [2.45, 2.75) is 26.3 Å². The Kier molecular flexibility index (Phi) is 6.45. The third-order valence-corrected chi connectivity index (χ3v) is 5.16. The van der Waals surface area contributed by atoms with Crippen molar-refractivity contribution in [3.8, 4) is 5.69 Å². The summed E-state index contributed by atoms with van der Waals surface area (Å²) in [5, 5.41) is 7.48. The Bertz CT molecular complexity index is 756. The minimum Gasteiger partial charge on any atom is -0.379 e. The van der Waals surface area contributed by atoms with Crippen LogP contribution in [0.2, 0.25) is 0 Å². The molecule has 3 rings (SSSR count). The zero-order valence-electron chi connectivity index (χ0n) is 15.2. The van der Waals surface area contributed by atoms with Gasteiger partial charge in [-0.2, -0.15) is 5.10 Å². The zero-order chi connectivity index (χ0) is 18.5. The number of morpholine rings is 1. The normalized spacial score (nSPS) is 16.4. The molecule has 0 spiro atoms. The average Bonchev–Trinajstić information content (AvgIpc) is 3.02. The fourth-order valence-corrected chi connectivity index (χ4v) is 3.46. The minimum atomic E-state index is -0.0711. The number of benzene rings is 1. The third kappa shape index (κ3) is 4.72. The number of halogens is 1. The highest BCUT2D eigenvalue weighted by Gasteiger charge is 2.18.